The van der Waals surface area contributed by atoms with E-state index in [2.05, 4.69) is 0 Å². The fraction of sp³-hybridized carbons (Fsp3) is 0.929. The van der Waals surface area contributed by atoms with Crippen LogP contribution in [0.2, 0.25) is 0 Å². The lowest BCUT2D eigenvalue weighted by atomic mass is 9.78. The lowest BCUT2D eigenvalue weighted by Gasteiger charge is -2.34. The molecule has 0 aromatic carbocycles. The van der Waals surface area contributed by atoms with Crippen molar-refractivity contribution < 1.29 is 18.0 Å². The van der Waals surface area contributed by atoms with Crippen LogP contribution in [0.4, 0.5) is 13.2 Å². The highest BCUT2D eigenvalue weighted by Crippen LogP contribution is 2.43. The van der Waals surface area contributed by atoms with Gasteiger partial charge < -0.3 is 10.6 Å². The third kappa shape index (κ3) is 3.10. The summed E-state index contributed by atoms with van der Waals surface area (Å²) in [7, 11) is 0. The van der Waals surface area contributed by atoms with Crippen molar-refractivity contribution >= 4 is 5.91 Å². The monoisotopic (exact) mass is 292 g/mol. The maximum atomic E-state index is 13.1. The van der Waals surface area contributed by atoms with Gasteiger partial charge in [-0.1, -0.05) is 19.8 Å². The maximum absolute atomic E-state index is 13.1. The van der Waals surface area contributed by atoms with Gasteiger partial charge in [0.2, 0.25) is 5.91 Å². The Hall–Kier alpha value is -0.780. The van der Waals surface area contributed by atoms with Gasteiger partial charge in [-0.2, -0.15) is 13.2 Å². The van der Waals surface area contributed by atoms with Crippen LogP contribution in [0.1, 0.15) is 39.0 Å². The molecule has 1 saturated carbocycles. The molecule has 20 heavy (non-hydrogen) atoms. The number of amides is 1. The topological polar surface area (TPSA) is 46.3 Å². The highest BCUT2D eigenvalue weighted by Gasteiger charge is 2.50. The Morgan fingerprint density at radius 1 is 1.35 bits per heavy atom. The molecule has 0 bridgehead atoms. The Balaban J connectivity index is 2.07. The highest BCUT2D eigenvalue weighted by atomic mass is 19.4. The third-order valence-corrected chi connectivity index (χ3v) is 4.87. The number of carbonyl (C=O) groups excluding carboxylic acids is 1. The summed E-state index contributed by atoms with van der Waals surface area (Å²) >= 11 is 0. The Morgan fingerprint density at radius 3 is 2.55 bits per heavy atom. The van der Waals surface area contributed by atoms with E-state index in [0.717, 1.165) is 6.42 Å². The highest BCUT2D eigenvalue weighted by molar-refractivity contribution is 5.79. The summed E-state index contributed by atoms with van der Waals surface area (Å²) in [6.45, 7) is 3.48. The number of alkyl halides is 3. The Kier molecular flexibility index (Phi) is 4.33. The van der Waals surface area contributed by atoms with Gasteiger partial charge >= 0.3 is 6.18 Å². The number of likely N-dealkylation sites (tertiary alicyclic amines) is 1. The first-order valence-corrected chi connectivity index (χ1v) is 7.32. The van der Waals surface area contributed by atoms with Crippen LogP contribution in [0.25, 0.3) is 0 Å². The maximum Gasteiger partial charge on any atom is 0.392 e. The van der Waals surface area contributed by atoms with Gasteiger partial charge in [-0.3, -0.25) is 4.79 Å². The molecular formula is C14H23F3N2O. The summed E-state index contributed by atoms with van der Waals surface area (Å²) in [5.41, 5.74) is 5.55. The van der Waals surface area contributed by atoms with Crippen LogP contribution in [0.3, 0.4) is 0 Å². The molecule has 0 spiro atoms. The summed E-state index contributed by atoms with van der Waals surface area (Å²) in [6.07, 6.45) is -1.77. The van der Waals surface area contributed by atoms with Crippen molar-refractivity contribution in [3.05, 3.63) is 0 Å². The molecule has 1 amide bonds. The zero-order valence-corrected chi connectivity index (χ0v) is 11.9. The van der Waals surface area contributed by atoms with E-state index in [1.807, 2.05) is 6.92 Å². The summed E-state index contributed by atoms with van der Waals surface area (Å²) < 4.78 is 39.2. The summed E-state index contributed by atoms with van der Waals surface area (Å²) in [5, 5.41) is 0. The largest absolute Gasteiger partial charge is 0.392 e. The number of hydrogen-bond acceptors (Lipinski definition) is 2. The zero-order valence-electron chi connectivity index (χ0n) is 11.9. The molecule has 1 aliphatic carbocycles. The van der Waals surface area contributed by atoms with E-state index in [1.54, 1.807) is 4.90 Å². The smallest absolute Gasteiger partial charge is 0.342 e. The Morgan fingerprint density at radius 2 is 2.00 bits per heavy atom. The van der Waals surface area contributed by atoms with Crippen LogP contribution in [-0.2, 0) is 4.79 Å². The van der Waals surface area contributed by atoms with Gasteiger partial charge in [0.05, 0.1) is 5.92 Å². The molecule has 0 radical (unpaired) electrons. The second-order valence-electron chi connectivity index (χ2n) is 6.56. The molecule has 0 aromatic heterocycles. The average Bonchev–Trinajstić information content (AvgIpc) is 2.80. The van der Waals surface area contributed by atoms with Crippen LogP contribution in [0.15, 0.2) is 0 Å². The van der Waals surface area contributed by atoms with Gasteiger partial charge in [0.25, 0.3) is 0 Å². The standard InChI is InChI=1S/C14H23F3N2O/c1-13(8-18)6-7-19(9-13)12(20)10-4-2-3-5-11(10)14(15,16)17/h10-11H,2-9,18H2,1H3. The number of nitrogens with zero attached hydrogens (tertiary/aromatic N) is 1. The minimum atomic E-state index is -4.27. The molecule has 1 saturated heterocycles. The van der Waals surface area contributed by atoms with Crippen LogP contribution in [0.5, 0.6) is 0 Å². The zero-order chi connectivity index (χ0) is 15.0. The number of carbonyl (C=O) groups is 1. The SMILES string of the molecule is CC1(CN)CCN(C(=O)C2CCCCC2C(F)(F)F)C1. The van der Waals surface area contributed by atoms with Crippen LogP contribution >= 0.6 is 0 Å². The van der Waals surface area contributed by atoms with E-state index in [4.69, 9.17) is 5.73 Å². The van der Waals surface area contributed by atoms with Gasteiger partial charge in [0.15, 0.2) is 0 Å². The second kappa shape index (κ2) is 5.54. The molecular weight excluding hydrogens is 269 g/mol. The molecule has 0 aromatic rings. The number of halogens is 3. The molecule has 2 aliphatic rings. The molecule has 3 nitrogen and oxygen atoms in total. The van der Waals surface area contributed by atoms with Crippen molar-refractivity contribution in [1.82, 2.24) is 4.90 Å². The molecule has 6 heteroatoms. The molecule has 3 unspecified atom stereocenters. The summed E-state index contributed by atoms with van der Waals surface area (Å²) in [4.78, 5) is 14.0. The normalized spacial score (nSPS) is 35.4. The second-order valence-corrected chi connectivity index (χ2v) is 6.56. The third-order valence-electron chi connectivity index (χ3n) is 4.87. The van der Waals surface area contributed by atoms with E-state index in [0.29, 0.717) is 38.9 Å². The van der Waals surface area contributed by atoms with Crippen LogP contribution in [-0.4, -0.2) is 36.6 Å². The molecule has 1 aliphatic heterocycles. The minimum Gasteiger partial charge on any atom is -0.342 e. The van der Waals surface area contributed by atoms with Gasteiger partial charge in [-0.05, 0) is 31.2 Å². The number of hydrogen-bond donors (Lipinski definition) is 1. The predicted molar refractivity (Wildman–Crippen MR) is 69.9 cm³/mol. The molecule has 2 rings (SSSR count). The quantitative estimate of drug-likeness (QED) is 0.850. The first kappa shape index (κ1) is 15.6. The lowest BCUT2D eigenvalue weighted by molar-refractivity contribution is -0.200. The Labute approximate surface area is 117 Å². The first-order valence-electron chi connectivity index (χ1n) is 7.32. The molecule has 2 fully saturated rings. The van der Waals surface area contributed by atoms with Crippen LogP contribution in [0, 0.1) is 17.3 Å². The van der Waals surface area contributed by atoms with Gasteiger partial charge in [0, 0.05) is 19.0 Å². The summed E-state index contributed by atoms with van der Waals surface area (Å²) in [6, 6.07) is 0. The fourth-order valence-corrected chi connectivity index (χ4v) is 3.43. The van der Waals surface area contributed by atoms with Crippen LogP contribution < -0.4 is 5.73 Å². The predicted octanol–water partition coefficient (Wildman–Crippen LogP) is 2.55. The summed E-state index contributed by atoms with van der Waals surface area (Å²) in [5.74, 6) is -2.67. The molecule has 1 heterocycles. The van der Waals surface area contributed by atoms with E-state index in [9.17, 15) is 18.0 Å². The molecule has 2 N–H and O–H groups in total. The van der Waals surface area contributed by atoms with Crippen molar-refractivity contribution in [2.24, 2.45) is 23.0 Å². The molecule has 116 valence electrons. The van der Waals surface area contributed by atoms with Crippen molar-refractivity contribution in [2.75, 3.05) is 19.6 Å². The van der Waals surface area contributed by atoms with E-state index >= 15 is 0 Å². The van der Waals surface area contributed by atoms with Gasteiger partial charge in [-0.25, -0.2) is 0 Å². The van der Waals surface area contributed by atoms with Gasteiger partial charge in [-0.15, -0.1) is 0 Å². The van der Waals surface area contributed by atoms with Crippen molar-refractivity contribution in [3.8, 4) is 0 Å². The van der Waals surface area contributed by atoms with E-state index in [1.165, 1.54) is 0 Å². The fourth-order valence-electron chi connectivity index (χ4n) is 3.43. The van der Waals surface area contributed by atoms with Gasteiger partial charge in [0.1, 0.15) is 0 Å². The number of nitrogens with two attached hydrogens (primary N) is 1. The number of rotatable bonds is 2. The first-order chi connectivity index (χ1) is 9.27. The molecule has 3 atom stereocenters. The van der Waals surface area contributed by atoms with E-state index in [-0.39, 0.29) is 17.7 Å². The average molecular weight is 292 g/mol. The van der Waals surface area contributed by atoms with Crippen molar-refractivity contribution in [1.29, 1.82) is 0 Å². The van der Waals surface area contributed by atoms with E-state index < -0.39 is 18.0 Å². The lowest BCUT2D eigenvalue weighted by Crippen LogP contribution is -2.44. The Bertz CT molecular complexity index is 372. The minimum absolute atomic E-state index is 0.0852. The van der Waals surface area contributed by atoms with Crippen molar-refractivity contribution in [2.45, 2.75) is 45.2 Å². The van der Waals surface area contributed by atoms with Crippen molar-refractivity contribution in [3.63, 3.8) is 0 Å².